The largest absolute Gasteiger partial charge is 0.508 e. The van der Waals surface area contributed by atoms with Crippen molar-refractivity contribution in [3.8, 4) is 5.75 Å². The first-order valence-electron chi connectivity index (χ1n) is 13.1. The van der Waals surface area contributed by atoms with Gasteiger partial charge in [-0.15, -0.1) is 0 Å². The summed E-state index contributed by atoms with van der Waals surface area (Å²) in [6.45, 7) is 2.40. The van der Waals surface area contributed by atoms with Crippen molar-refractivity contribution in [1.29, 1.82) is 0 Å². The maximum Gasteiger partial charge on any atom is 0.490 e. The van der Waals surface area contributed by atoms with Crippen LogP contribution < -0.4 is 11.1 Å². The van der Waals surface area contributed by atoms with E-state index in [2.05, 4.69) is 18.3 Å². The van der Waals surface area contributed by atoms with Gasteiger partial charge in [-0.25, -0.2) is 4.79 Å². The maximum absolute atomic E-state index is 12.9. The lowest BCUT2D eigenvalue weighted by Gasteiger charge is -2.51. The number of benzene rings is 2. The molecule has 0 aromatic heterocycles. The summed E-state index contributed by atoms with van der Waals surface area (Å²) in [5.41, 5.74) is 10.3. The Morgan fingerprint density at radius 1 is 1.11 bits per heavy atom. The number of nitrogens with one attached hydrogen (secondary N) is 1. The van der Waals surface area contributed by atoms with Gasteiger partial charge in [0.2, 0.25) is 5.91 Å². The second kappa shape index (κ2) is 11.0. The Balaban J connectivity index is 0.000000426. The molecular weight excluding hydrogens is 497 g/mol. The van der Waals surface area contributed by atoms with Crippen molar-refractivity contribution in [2.45, 2.75) is 76.0 Å². The molecule has 0 bridgehead atoms. The fourth-order valence-corrected chi connectivity index (χ4v) is 7.05. The average Bonchev–Trinajstić information content (AvgIpc) is 3.20. The van der Waals surface area contributed by atoms with Gasteiger partial charge in [0.1, 0.15) is 5.75 Å². The first-order valence-corrected chi connectivity index (χ1v) is 13.1. The van der Waals surface area contributed by atoms with E-state index in [1.807, 2.05) is 42.5 Å². The number of rotatable bonds is 4. The molecule has 2 aromatic rings. The summed E-state index contributed by atoms with van der Waals surface area (Å²) >= 11 is 0. The van der Waals surface area contributed by atoms with E-state index < -0.39 is 18.2 Å². The molecule has 5 rings (SSSR count). The van der Waals surface area contributed by atoms with Crippen molar-refractivity contribution >= 4 is 11.9 Å². The molecule has 2 aromatic carbocycles. The van der Waals surface area contributed by atoms with Crippen molar-refractivity contribution < 1.29 is 33.0 Å². The molecule has 3 aliphatic rings. The fourth-order valence-electron chi connectivity index (χ4n) is 7.05. The summed E-state index contributed by atoms with van der Waals surface area (Å²) in [6.07, 6.45) is 2.27. The smallest absolute Gasteiger partial charge is 0.490 e. The predicted octanol–water partition coefficient (Wildman–Crippen LogP) is 4.94. The van der Waals surface area contributed by atoms with Crippen LogP contribution in [0.5, 0.6) is 5.75 Å². The zero-order valence-electron chi connectivity index (χ0n) is 21.4. The van der Waals surface area contributed by atoms with Crippen molar-refractivity contribution in [2.24, 2.45) is 23.0 Å². The van der Waals surface area contributed by atoms with E-state index >= 15 is 0 Å². The van der Waals surface area contributed by atoms with Gasteiger partial charge in [-0.1, -0.05) is 43.3 Å². The topological polar surface area (TPSA) is 113 Å². The molecule has 6 atom stereocenters. The molecule has 1 amide bonds. The third-order valence-corrected chi connectivity index (χ3v) is 8.90. The molecule has 0 radical (unpaired) electrons. The van der Waals surface area contributed by atoms with Gasteiger partial charge in [0.05, 0.1) is 6.04 Å². The van der Waals surface area contributed by atoms with Crippen molar-refractivity contribution in [3.05, 3.63) is 65.2 Å². The minimum absolute atomic E-state index is 0.0117. The number of carboxylic acids is 1. The van der Waals surface area contributed by atoms with Crippen LogP contribution in [0.1, 0.15) is 61.6 Å². The van der Waals surface area contributed by atoms with Gasteiger partial charge < -0.3 is 21.3 Å². The van der Waals surface area contributed by atoms with E-state index in [0.29, 0.717) is 29.9 Å². The lowest BCUT2D eigenvalue weighted by atomic mass is 9.55. The van der Waals surface area contributed by atoms with Crippen molar-refractivity contribution in [1.82, 2.24) is 5.32 Å². The monoisotopic (exact) mass is 532 g/mol. The minimum atomic E-state index is -5.08. The number of carbonyl (C=O) groups is 2. The summed E-state index contributed by atoms with van der Waals surface area (Å²) in [4.78, 5) is 21.8. The average molecular weight is 533 g/mol. The van der Waals surface area contributed by atoms with Crippen LogP contribution in [0.15, 0.2) is 48.5 Å². The number of nitrogens with two attached hydrogens (primary N) is 1. The number of aliphatic carboxylic acids is 1. The zero-order valence-corrected chi connectivity index (χ0v) is 21.4. The molecule has 38 heavy (non-hydrogen) atoms. The van der Waals surface area contributed by atoms with Crippen LogP contribution in [-0.4, -0.2) is 40.3 Å². The Morgan fingerprint density at radius 2 is 1.79 bits per heavy atom. The van der Waals surface area contributed by atoms with Crippen molar-refractivity contribution in [3.63, 3.8) is 0 Å². The number of aryl methyl sites for hydroxylation is 1. The number of phenolic OH excluding ortho intramolecular Hbond substituents is 1. The van der Waals surface area contributed by atoms with Gasteiger partial charge in [-0.05, 0) is 96.9 Å². The third-order valence-electron chi connectivity index (χ3n) is 8.90. The minimum Gasteiger partial charge on any atom is -0.508 e. The zero-order chi connectivity index (χ0) is 27.7. The summed E-state index contributed by atoms with van der Waals surface area (Å²) in [5, 5.41) is 20.4. The lowest BCUT2D eigenvalue weighted by Crippen LogP contribution is -2.53. The number of alkyl halides is 3. The molecule has 2 fully saturated rings. The first kappa shape index (κ1) is 28.0. The van der Waals surface area contributed by atoms with Crippen LogP contribution in [-0.2, 0) is 22.4 Å². The Hall–Kier alpha value is -3.07. The molecule has 3 aliphatic carbocycles. The number of carboxylic acid groups (broad SMARTS) is 1. The van der Waals surface area contributed by atoms with Crippen LogP contribution in [0.4, 0.5) is 13.2 Å². The van der Waals surface area contributed by atoms with Crippen LogP contribution >= 0.6 is 0 Å². The van der Waals surface area contributed by atoms with Crippen LogP contribution in [0.3, 0.4) is 0 Å². The molecule has 2 saturated carbocycles. The highest BCUT2D eigenvalue weighted by Crippen LogP contribution is 2.61. The highest BCUT2D eigenvalue weighted by atomic mass is 19.4. The number of carbonyl (C=O) groups excluding carboxylic acids is 1. The molecular formula is C29H35F3N2O4. The highest BCUT2D eigenvalue weighted by molar-refractivity contribution is 5.82. The maximum atomic E-state index is 12.9. The number of halogens is 3. The molecule has 0 heterocycles. The van der Waals surface area contributed by atoms with Gasteiger partial charge in [0.25, 0.3) is 0 Å². The first-order chi connectivity index (χ1) is 17.9. The van der Waals surface area contributed by atoms with E-state index in [9.17, 15) is 23.1 Å². The van der Waals surface area contributed by atoms with Crippen LogP contribution in [0.2, 0.25) is 0 Å². The van der Waals surface area contributed by atoms with Crippen molar-refractivity contribution in [2.75, 3.05) is 0 Å². The number of amides is 1. The Bertz CT molecular complexity index is 1160. The normalized spacial score (nSPS) is 28.6. The van der Waals surface area contributed by atoms with Gasteiger partial charge >= 0.3 is 12.1 Å². The molecule has 9 heteroatoms. The number of phenols is 1. The van der Waals surface area contributed by atoms with Crippen LogP contribution in [0, 0.1) is 17.3 Å². The summed E-state index contributed by atoms with van der Waals surface area (Å²) < 4.78 is 31.7. The van der Waals surface area contributed by atoms with Gasteiger partial charge in [0.15, 0.2) is 0 Å². The van der Waals surface area contributed by atoms with E-state index in [-0.39, 0.29) is 17.4 Å². The number of hydrogen-bond donors (Lipinski definition) is 4. The molecule has 0 saturated heterocycles. The van der Waals surface area contributed by atoms with E-state index in [4.69, 9.17) is 15.6 Å². The molecule has 0 spiro atoms. The fraction of sp³-hybridized carbons (Fsp3) is 0.517. The highest BCUT2D eigenvalue weighted by Gasteiger charge is 2.55. The standard InChI is InChI=1S/C27H34N2O2.C2HF3O2/c1-27-14-13-21-20-10-8-19(30)16-18(20)7-9-22(21)23(27)11-12-25(27)29-26(31)24(28)15-17-5-3-2-4-6-17;3-2(4,5)1(6)7/h2-6,8,10,16,21-25,30H,7,9,11-15,28H2,1H3,(H,29,31);(H,6,7)/t21-,22-,23+,24+,25+,27+;/m1./s1. The third kappa shape index (κ3) is 5.82. The molecule has 6 nitrogen and oxygen atoms in total. The van der Waals surface area contributed by atoms with E-state index in [1.165, 1.54) is 24.0 Å². The Labute approximate surface area is 220 Å². The SMILES string of the molecule is C[C@]12CC[C@@H]3c4ccc(O)cc4CC[C@H]3[C@@H]1CC[C@@H]2NC(=O)[C@@H](N)Cc1ccccc1.O=C(O)C(F)(F)F. The molecule has 206 valence electrons. The van der Waals surface area contributed by atoms with E-state index in [1.54, 1.807) is 0 Å². The quantitative estimate of drug-likeness (QED) is 0.446. The second-order valence-electron chi connectivity index (χ2n) is 11.1. The van der Waals surface area contributed by atoms with Crippen LogP contribution in [0.25, 0.3) is 0 Å². The summed E-state index contributed by atoms with van der Waals surface area (Å²) in [7, 11) is 0. The molecule has 0 aliphatic heterocycles. The number of hydrogen-bond acceptors (Lipinski definition) is 4. The van der Waals surface area contributed by atoms with E-state index in [0.717, 1.165) is 31.2 Å². The number of aromatic hydroxyl groups is 1. The van der Waals surface area contributed by atoms with Gasteiger partial charge in [-0.3, -0.25) is 4.79 Å². The Morgan fingerprint density at radius 3 is 2.45 bits per heavy atom. The molecule has 5 N–H and O–H groups in total. The summed E-state index contributed by atoms with van der Waals surface area (Å²) in [5.74, 6) is -0.472. The van der Waals surface area contributed by atoms with Gasteiger partial charge in [0, 0.05) is 6.04 Å². The summed E-state index contributed by atoms with van der Waals surface area (Å²) in [6, 6.07) is 15.7. The number of fused-ring (bicyclic) bond motifs is 5. The predicted molar refractivity (Wildman–Crippen MR) is 136 cm³/mol. The van der Waals surface area contributed by atoms with Gasteiger partial charge in [-0.2, -0.15) is 13.2 Å². The Kier molecular flexibility index (Phi) is 8.06. The lowest BCUT2D eigenvalue weighted by molar-refractivity contribution is -0.192. The second-order valence-corrected chi connectivity index (χ2v) is 11.1. The molecule has 0 unspecified atom stereocenters.